The Morgan fingerprint density at radius 2 is 0.481 bits per heavy atom. The molecule has 6 nitrogen and oxygen atoms in total. The maximum atomic E-state index is 13.0. The predicted molar refractivity (Wildman–Crippen MR) is 353 cm³/mol. The number of unbranched alkanes of at least 4 members (excludes halogenated alkanes) is 39. The average molecular weight is 1130 g/mol. The van der Waals surface area contributed by atoms with Gasteiger partial charge in [0.05, 0.1) is 0 Å². The van der Waals surface area contributed by atoms with Crippen LogP contribution in [0.5, 0.6) is 0 Å². The lowest BCUT2D eigenvalue weighted by atomic mass is 10.0. The van der Waals surface area contributed by atoms with Crippen molar-refractivity contribution in [1.82, 2.24) is 0 Å². The summed E-state index contributed by atoms with van der Waals surface area (Å²) >= 11 is 0. The molecule has 0 radical (unpaired) electrons. The molecule has 0 aromatic rings. The summed E-state index contributed by atoms with van der Waals surface area (Å²) in [5, 5.41) is 0. The van der Waals surface area contributed by atoms with E-state index in [0.717, 1.165) is 116 Å². The SMILES string of the molecule is CC/C=C\C/C=C\C/C=C\CCCCCCCC(=O)OCC(COC(=O)CCCCCCCCCCCCCCC/C=C\CCCCCCCCCC)OC(=O)CCCCCCCCCC/C=C\C/C=C\C/C=C\CCCCCCC. The van der Waals surface area contributed by atoms with Crippen LogP contribution < -0.4 is 0 Å². The van der Waals surface area contributed by atoms with Gasteiger partial charge in [-0.05, 0) is 116 Å². The molecule has 0 N–H and O–H groups in total. The molecular weight excluding hydrogens is 997 g/mol. The third kappa shape index (κ3) is 67.3. The first-order valence-corrected chi connectivity index (χ1v) is 35.1. The van der Waals surface area contributed by atoms with Crippen molar-refractivity contribution in [1.29, 1.82) is 0 Å². The van der Waals surface area contributed by atoms with Gasteiger partial charge in [-0.15, -0.1) is 0 Å². The minimum atomic E-state index is -0.790. The Kier molecular flexibility index (Phi) is 66.2. The van der Waals surface area contributed by atoms with Crippen molar-refractivity contribution in [3.63, 3.8) is 0 Å². The summed E-state index contributed by atoms with van der Waals surface area (Å²) in [4.78, 5) is 38.4. The van der Waals surface area contributed by atoms with Gasteiger partial charge >= 0.3 is 17.9 Å². The fourth-order valence-corrected chi connectivity index (χ4v) is 10.1. The topological polar surface area (TPSA) is 78.9 Å². The van der Waals surface area contributed by atoms with Crippen molar-refractivity contribution in [3.8, 4) is 0 Å². The van der Waals surface area contributed by atoms with Crippen molar-refractivity contribution >= 4 is 17.9 Å². The van der Waals surface area contributed by atoms with Gasteiger partial charge in [-0.3, -0.25) is 14.4 Å². The van der Waals surface area contributed by atoms with Gasteiger partial charge in [0, 0.05) is 19.3 Å². The summed E-state index contributed by atoms with van der Waals surface area (Å²) in [5.74, 6) is -0.892. The molecular formula is C75H132O6. The zero-order chi connectivity index (χ0) is 58.5. The number of hydrogen-bond acceptors (Lipinski definition) is 6. The van der Waals surface area contributed by atoms with Crippen LogP contribution in [0.2, 0.25) is 0 Å². The van der Waals surface area contributed by atoms with Crippen LogP contribution in [0.1, 0.15) is 355 Å². The Morgan fingerprint density at radius 3 is 0.765 bits per heavy atom. The van der Waals surface area contributed by atoms with Crippen LogP contribution in [0.15, 0.2) is 85.1 Å². The molecule has 0 heterocycles. The predicted octanol–water partition coefficient (Wildman–Crippen LogP) is 24.2. The van der Waals surface area contributed by atoms with Gasteiger partial charge in [0.1, 0.15) is 13.2 Å². The van der Waals surface area contributed by atoms with Crippen LogP contribution in [-0.4, -0.2) is 37.2 Å². The highest BCUT2D eigenvalue weighted by atomic mass is 16.6. The van der Waals surface area contributed by atoms with E-state index in [-0.39, 0.29) is 31.1 Å². The molecule has 0 aromatic heterocycles. The molecule has 0 saturated carbocycles. The molecule has 468 valence electrons. The van der Waals surface area contributed by atoms with Gasteiger partial charge < -0.3 is 14.2 Å². The summed E-state index contributed by atoms with van der Waals surface area (Å²) in [6.45, 7) is 6.54. The Morgan fingerprint density at radius 1 is 0.259 bits per heavy atom. The fourth-order valence-electron chi connectivity index (χ4n) is 10.1. The molecule has 0 rings (SSSR count). The Labute approximate surface area is 503 Å². The molecule has 0 amide bonds. The first kappa shape index (κ1) is 77.6. The lowest BCUT2D eigenvalue weighted by Crippen LogP contribution is -2.30. The van der Waals surface area contributed by atoms with Gasteiger partial charge in [0.25, 0.3) is 0 Å². The molecule has 0 aliphatic rings. The fraction of sp³-hybridized carbons (Fsp3) is 0.773. The highest BCUT2D eigenvalue weighted by molar-refractivity contribution is 5.71. The highest BCUT2D eigenvalue weighted by Crippen LogP contribution is 2.17. The van der Waals surface area contributed by atoms with Gasteiger partial charge in [-0.1, -0.05) is 305 Å². The maximum Gasteiger partial charge on any atom is 0.306 e. The number of hydrogen-bond donors (Lipinski definition) is 0. The number of rotatable bonds is 64. The first-order valence-electron chi connectivity index (χ1n) is 35.1. The molecule has 1 atom stereocenters. The second kappa shape index (κ2) is 69.1. The Hall–Kier alpha value is -3.41. The molecule has 0 aromatic carbocycles. The van der Waals surface area contributed by atoms with Gasteiger partial charge in [-0.25, -0.2) is 0 Å². The molecule has 0 fully saturated rings. The van der Waals surface area contributed by atoms with E-state index in [4.69, 9.17) is 14.2 Å². The normalized spacial score (nSPS) is 12.6. The van der Waals surface area contributed by atoms with Crippen LogP contribution >= 0.6 is 0 Å². The van der Waals surface area contributed by atoms with Gasteiger partial charge in [0.2, 0.25) is 0 Å². The minimum Gasteiger partial charge on any atom is -0.462 e. The standard InChI is InChI=1S/C75H132O6/c1-4-7-10-13-16-19-22-25-28-30-32-34-36-37-39-40-42-44-47-50-53-56-59-62-65-68-74(77)80-71-72(70-79-73(76)67-64-61-58-55-52-49-46-27-24-21-18-15-12-9-6-3)81-75(78)69-66-63-60-57-54-51-48-45-43-41-38-35-33-31-29-26-23-20-17-14-11-8-5-2/h9,12,18,21,23,26-27,30-33,38,41,46,72H,4-8,10-11,13-17,19-20,22,24-25,28-29,34-37,39-40,42-45,47-71H2,1-3H3/b12-9-,21-18-,26-23-,32-30-,33-31-,41-38-,46-27-. The number of carbonyl (C=O) groups is 3. The number of carbonyl (C=O) groups excluding carboxylic acids is 3. The van der Waals surface area contributed by atoms with Crippen LogP contribution in [0.3, 0.4) is 0 Å². The molecule has 81 heavy (non-hydrogen) atoms. The smallest absolute Gasteiger partial charge is 0.306 e. The molecule has 0 saturated heterocycles. The van der Waals surface area contributed by atoms with E-state index < -0.39 is 6.10 Å². The molecule has 1 unspecified atom stereocenters. The molecule has 0 aliphatic carbocycles. The lowest BCUT2D eigenvalue weighted by molar-refractivity contribution is -0.167. The van der Waals surface area contributed by atoms with Crippen molar-refractivity contribution in [3.05, 3.63) is 85.1 Å². The molecule has 0 bridgehead atoms. The third-order valence-electron chi connectivity index (χ3n) is 15.4. The Bertz CT molecular complexity index is 1530. The van der Waals surface area contributed by atoms with Gasteiger partial charge in [-0.2, -0.15) is 0 Å². The van der Waals surface area contributed by atoms with E-state index in [1.165, 1.54) is 199 Å². The van der Waals surface area contributed by atoms with Crippen molar-refractivity contribution in [2.75, 3.05) is 13.2 Å². The number of allylic oxidation sites excluding steroid dienone is 14. The summed E-state index contributed by atoms with van der Waals surface area (Å²) in [6, 6.07) is 0. The van der Waals surface area contributed by atoms with E-state index in [0.29, 0.717) is 19.3 Å². The molecule has 6 heteroatoms. The highest BCUT2D eigenvalue weighted by Gasteiger charge is 2.19. The third-order valence-corrected chi connectivity index (χ3v) is 15.4. The monoisotopic (exact) mass is 1130 g/mol. The van der Waals surface area contributed by atoms with Gasteiger partial charge in [0.15, 0.2) is 6.10 Å². The van der Waals surface area contributed by atoms with Crippen molar-refractivity contribution in [2.24, 2.45) is 0 Å². The van der Waals surface area contributed by atoms with E-state index in [2.05, 4.69) is 106 Å². The minimum absolute atomic E-state index is 0.0836. The average Bonchev–Trinajstić information content (AvgIpc) is 3.47. The largest absolute Gasteiger partial charge is 0.462 e. The second-order valence-electron chi connectivity index (χ2n) is 23.4. The molecule has 0 spiro atoms. The van der Waals surface area contributed by atoms with E-state index in [1.807, 2.05) is 0 Å². The summed E-state index contributed by atoms with van der Waals surface area (Å²) in [6.07, 6.45) is 91.8. The quantitative estimate of drug-likeness (QED) is 0.0261. The summed E-state index contributed by atoms with van der Waals surface area (Å²) in [5.41, 5.74) is 0. The molecule has 0 aliphatic heterocycles. The summed E-state index contributed by atoms with van der Waals surface area (Å²) in [7, 11) is 0. The maximum absolute atomic E-state index is 13.0. The number of esters is 3. The van der Waals surface area contributed by atoms with Crippen LogP contribution in [0.4, 0.5) is 0 Å². The van der Waals surface area contributed by atoms with Crippen molar-refractivity contribution in [2.45, 2.75) is 361 Å². The van der Waals surface area contributed by atoms with E-state index in [1.54, 1.807) is 0 Å². The van der Waals surface area contributed by atoms with Crippen LogP contribution in [0, 0.1) is 0 Å². The summed E-state index contributed by atoms with van der Waals surface area (Å²) < 4.78 is 17.0. The zero-order valence-electron chi connectivity index (χ0n) is 53.8. The Balaban J connectivity index is 4.33. The van der Waals surface area contributed by atoms with Crippen LogP contribution in [0.25, 0.3) is 0 Å². The zero-order valence-corrected chi connectivity index (χ0v) is 53.8. The number of ether oxygens (including phenoxy) is 3. The van der Waals surface area contributed by atoms with Crippen LogP contribution in [-0.2, 0) is 28.6 Å². The van der Waals surface area contributed by atoms with E-state index in [9.17, 15) is 14.4 Å². The van der Waals surface area contributed by atoms with Crippen molar-refractivity contribution < 1.29 is 28.6 Å². The van der Waals surface area contributed by atoms with E-state index >= 15 is 0 Å². The lowest BCUT2D eigenvalue weighted by Gasteiger charge is -2.18. The second-order valence-corrected chi connectivity index (χ2v) is 23.4. The first-order chi connectivity index (χ1) is 40.0.